The number of benzene rings is 6. The Balaban J connectivity index is 0.856. The van der Waals surface area contributed by atoms with E-state index < -0.39 is 0 Å². The minimum absolute atomic E-state index is 0.105. The number of nitrogens with zero attached hydrogens (tertiary/aromatic N) is 2. The summed E-state index contributed by atoms with van der Waals surface area (Å²) in [7, 11) is 0. The molecule has 15 bridgehead atoms. The first-order chi connectivity index (χ1) is 39.3. The first-order valence-corrected chi connectivity index (χ1v) is 34.3. The Labute approximate surface area is 475 Å². The molecule has 2 nitrogen and oxygen atoms in total. The lowest BCUT2D eigenvalue weighted by molar-refractivity contribution is -0.00526. The molecule has 6 aromatic carbocycles. The highest BCUT2D eigenvalue weighted by atomic mass is 32.1. The van der Waals surface area contributed by atoms with Crippen LogP contribution in [0.3, 0.4) is 0 Å². The van der Waals surface area contributed by atoms with E-state index in [4.69, 9.17) is 0 Å². The van der Waals surface area contributed by atoms with Gasteiger partial charge in [0, 0.05) is 53.6 Å². The summed E-state index contributed by atoms with van der Waals surface area (Å²) < 4.78 is 8.94. The predicted octanol–water partition coefficient (Wildman–Crippen LogP) is 18.1. The van der Waals surface area contributed by atoms with E-state index in [-0.39, 0.29) is 6.85 Å². The van der Waals surface area contributed by atoms with Crippen molar-refractivity contribution in [1.82, 2.24) is 9.05 Å². The maximum absolute atomic E-state index is 3.05. The Morgan fingerprint density at radius 2 is 0.912 bits per heavy atom. The number of fused-ring (bicyclic) bond motifs is 16. The van der Waals surface area contributed by atoms with E-state index in [9.17, 15) is 0 Å². The minimum Gasteiger partial charge on any atom is -0.375 e. The van der Waals surface area contributed by atoms with Gasteiger partial charge in [-0.25, -0.2) is 0 Å². The van der Waals surface area contributed by atoms with E-state index in [2.05, 4.69) is 111 Å². The van der Waals surface area contributed by atoms with Crippen molar-refractivity contribution < 1.29 is 0 Å². The van der Waals surface area contributed by atoms with Crippen LogP contribution in [0.2, 0.25) is 0 Å². The van der Waals surface area contributed by atoms with Crippen LogP contribution in [-0.4, -0.2) is 15.9 Å². The average Bonchev–Trinajstić information content (AvgIpc) is 4.30. The van der Waals surface area contributed by atoms with Crippen LogP contribution >= 0.6 is 11.3 Å². The number of rotatable bonds is 4. The molecule has 2 aliphatic heterocycles. The zero-order chi connectivity index (χ0) is 51.1. The number of aromatic nitrogens is 2. The lowest BCUT2D eigenvalue weighted by Gasteiger charge is -2.57. The highest BCUT2D eigenvalue weighted by Gasteiger charge is 2.57. The van der Waals surface area contributed by atoms with Crippen molar-refractivity contribution in [1.29, 1.82) is 0 Å². The summed E-state index contributed by atoms with van der Waals surface area (Å²) in [5, 5.41) is 9.25. The van der Waals surface area contributed by atoms with Gasteiger partial charge in [-0.1, -0.05) is 36.4 Å². The number of thiophene rings is 1. The first kappa shape index (κ1) is 43.8. The lowest BCUT2D eigenvalue weighted by atomic mass is 9.44. The zero-order valence-electron chi connectivity index (χ0n) is 46.9. The molecule has 0 saturated heterocycles. The van der Waals surface area contributed by atoms with Gasteiger partial charge in [-0.05, 0) is 340 Å². The Morgan fingerprint density at radius 3 is 1.55 bits per heavy atom. The van der Waals surface area contributed by atoms with Crippen LogP contribution in [0.15, 0.2) is 91.0 Å². The van der Waals surface area contributed by atoms with Crippen molar-refractivity contribution in [2.24, 2.45) is 71.0 Å². The van der Waals surface area contributed by atoms with E-state index in [1.165, 1.54) is 197 Å². The fourth-order valence-electron chi connectivity index (χ4n) is 27.2. The average molecular weight is 1060 g/mol. The second-order valence-electron chi connectivity index (χ2n) is 32.8. The Hall–Kier alpha value is -4.80. The van der Waals surface area contributed by atoms with Crippen molar-refractivity contribution in [2.45, 2.75) is 176 Å². The Bertz CT molecular complexity index is 4270. The third-order valence-electron chi connectivity index (χ3n) is 28.6. The van der Waals surface area contributed by atoms with Crippen molar-refractivity contribution in [3.63, 3.8) is 0 Å². The van der Waals surface area contributed by atoms with E-state index >= 15 is 0 Å². The van der Waals surface area contributed by atoms with Crippen molar-refractivity contribution in [3.05, 3.63) is 113 Å². The molecule has 15 saturated carbocycles. The highest BCUT2D eigenvalue weighted by Crippen LogP contribution is 2.66. The van der Waals surface area contributed by atoms with E-state index in [0.717, 1.165) is 71.0 Å². The van der Waals surface area contributed by atoms with Gasteiger partial charge in [0.15, 0.2) is 0 Å². The van der Waals surface area contributed by atoms with E-state index in [1.807, 2.05) is 0 Å². The molecule has 15 aliphatic carbocycles. The lowest BCUT2D eigenvalue weighted by Crippen LogP contribution is -2.56. The van der Waals surface area contributed by atoms with Crippen LogP contribution in [0.25, 0.3) is 80.6 Å². The maximum atomic E-state index is 3.05. The molecule has 0 amide bonds. The van der Waals surface area contributed by atoms with E-state index in [0.29, 0.717) is 21.7 Å². The molecule has 17 aliphatic rings. The molecule has 4 unspecified atom stereocenters. The molecule has 3 aromatic heterocycles. The summed E-state index contributed by atoms with van der Waals surface area (Å²) in [6, 6.07) is 40.5. The molecule has 5 heterocycles. The molecule has 4 atom stereocenters. The Morgan fingerprint density at radius 1 is 0.400 bits per heavy atom. The predicted molar refractivity (Wildman–Crippen MR) is 332 cm³/mol. The van der Waals surface area contributed by atoms with Gasteiger partial charge in [0.1, 0.15) is 0 Å². The van der Waals surface area contributed by atoms with Gasteiger partial charge in [0.05, 0.1) is 21.4 Å². The quantitative estimate of drug-likeness (QED) is 0.156. The highest BCUT2D eigenvalue weighted by molar-refractivity contribution is 7.26. The van der Waals surface area contributed by atoms with Crippen LogP contribution in [0, 0.1) is 71.0 Å². The largest absolute Gasteiger partial charge is 0.375 e. The van der Waals surface area contributed by atoms with Crippen molar-refractivity contribution in [2.75, 3.05) is 0 Å². The fourth-order valence-corrected chi connectivity index (χ4v) is 28.5. The third kappa shape index (κ3) is 5.27. The molecule has 0 spiro atoms. The number of hydrogen-bond acceptors (Lipinski definition) is 1. The van der Waals surface area contributed by atoms with Crippen LogP contribution < -0.4 is 10.9 Å². The minimum atomic E-state index is 0.105. The molecule has 398 valence electrons. The van der Waals surface area contributed by atoms with E-state index in [1.54, 1.807) is 71.4 Å². The summed E-state index contributed by atoms with van der Waals surface area (Å²) in [4.78, 5) is 0. The van der Waals surface area contributed by atoms with Gasteiger partial charge >= 0.3 is 6.85 Å². The SMILES string of the molecule is c1ccc2c(c1)sc1c3c4c(cc12)-c1cc(C25CCC6CC(CC6C2)C5)cc2c5cc(C67CC8CC(CC(C8)C6)C7)ccc5n(c12)B4c1cc(C24CC5CC(CC(C5)C2)C4)cc2c4cc(C56CC7CC(CC(C7)C5)C6)ccc4n-3c12. The maximum Gasteiger partial charge on any atom is 0.333 e. The molecule has 0 radical (unpaired) electrons. The van der Waals surface area contributed by atoms with Gasteiger partial charge in [-0.15, -0.1) is 11.3 Å². The summed E-state index contributed by atoms with van der Waals surface area (Å²) >= 11 is 2.10. The van der Waals surface area contributed by atoms with Gasteiger partial charge in [0.2, 0.25) is 0 Å². The van der Waals surface area contributed by atoms with Gasteiger partial charge in [0.25, 0.3) is 0 Å². The molecule has 15 fully saturated rings. The summed E-state index contributed by atoms with van der Waals surface area (Å²) in [6.07, 6.45) is 35.0. The van der Waals surface area contributed by atoms with Crippen LogP contribution in [0.4, 0.5) is 0 Å². The molecular formula is C76H75BN2S. The smallest absolute Gasteiger partial charge is 0.333 e. The number of hydrogen-bond donors (Lipinski definition) is 0. The summed E-state index contributed by atoms with van der Waals surface area (Å²) in [5.74, 6) is 11.2. The second kappa shape index (κ2) is 14.2. The Kier molecular flexibility index (Phi) is 7.79. The third-order valence-corrected chi connectivity index (χ3v) is 29.8. The molecule has 0 N–H and O–H groups in total. The van der Waals surface area contributed by atoms with Gasteiger partial charge in [-0.3, -0.25) is 0 Å². The monoisotopic (exact) mass is 1060 g/mol. The topological polar surface area (TPSA) is 9.86 Å². The molecular weight excluding hydrogens is 984 g/mol. The molecule has 9 aromatic rings. The normalized spacial score (nSPS) is 40.2. The molecule has 80 heavy (non-hydrogen) atoms. The van der Waals surface area contributed by atoms with Crippen molar-refractivity contribution >= 4 is 92.9 Å². The molecule has 26 rings (SSSR count). The van der Waals surface area contributed by atoms with Crippen molar-refractivity contribution in [3.8, 4) is 16.8 Å². The summed E-state index contributed by atoms with van der Waals surface area (Å²) in [6.45, 7) is 0.105. The standard InChI is InChI=1S/C76H75BN2S/c1-2-4-67-56(3-1)63-28-59-62-25-54(73-10-9-50-20-49(29-73)21-51(50)39-73)24-60-58-23-53(75-33-43-14-44(34-75)16-45(15-43)35-75)6-8-66(58)79(69(60)62)77-64-27-55(76-36-46-17-47(37-76)19-48(18-46)38-76)26-61-57-22-52(74-30-40-11-41(31-74)13-42(12-40)32-74)5-7-65(57)78(70(61)64)71(68(59)77)72(63)80-67/h1-8,22-28,40-51H,9-21,29-39H2. The van der Waals surface area contributed by atoms with Crippen LogP contribution in [0.1, 0.15) is 176 Å². The van der Waals surface area contributed by atoms with Gasteiger partial charge < -0.3 is 9.05 Å². The fraction of sp³-hybridized carbons (Fsp3) is 0.526. The van der Waals surface area contributed by atoms with Crippen LogP contribution in [-0.2, 0) is 21.7 Å². The second-order valence-corrected chi connectivity index (χ2v) is 33.8. The summed E-state index contributed by atoms with van der Waals surface area (Å²) in [5.41, 5.74) is 22.1. The zero-order valence-corrected chi connectivity index (χ0v) is 47.8. The first-order valence-electron chi connectivity index (χ1n) is 33.5. The van der Waals surface area contributed by atoms with Gasteiger partial charge in [-0.2, -0.15) is 0 Å². The molecule has 4 heteroatoms. The van der Waals surface area contributed by atoms with Crippen LogP contribution in [0.5, 0.6) is 0 Å².